The molecule has 1 aliphatic rings. The molecule has 4 heteroatoms. The van der Waals surface area contributed by atoms with E-state index in [-0.39, 0.29) is 17.2 Å². The van der Waals surface area contributed by atoms with Gasteiger partial charge in [0.15, 0.2) is 23.8 Å². The summed E-state index contributed by atoms with van der Waals surface area (Å²) in [5.41, 5.74) is 6.93. The number of methoxy groups -OCH3 is 2. The zero-order valence-electron chi connectivity index (χ0n) is 21.1. The molecule has 0 amide bonds. The van der Waals surface area contributed by atoms with Gasteiger partial charge in [-0.1, -0.05) is 57.2 Å². The Morgan fingerprint density at radius 3 is 2.21 bits per heavy atom. The molecule has 0 saturated carbocycles. The van der Waals surface area contributed by atoms with Gasteiger partial charge in [0.25, 0.3) is 0 Å². The molecule has 0 aliphatic carbocycles. The molecule has 0 N–H and O–H groups in total. The van der Waals surface area contributed by atoms with Gasteiger partial charge < -0.3 is 9.47 Å². The Kier molecular flexibility index (Phi) is 6.79. The highest BCUT2D eigenvalue weighted by Crippen LogP contribution is 2.36. The van der Waals surface area contributed by atoms with Crippen molar-refractivity contribution in [1.29, 1.82) is 0 Å². The summed E-state index contributed by atoms with van der Waals surface area (Å²) in [7, 11) is 3.33. The first-order valence-electron chi connectivity index (χ1n) is 11.9. The highest BCUT2D eigenvalue weighted by Gasteiger charge is 2.33. The first kappa shape index (κ1) is 24.0. The van der Waals surface area contributed by atoms with E-state index in [1.807, 2.05) is 12.1 Å². The molecule has 0 saturated heterocycles. The van der Waals surface area contributed by atoms with Gasteiger partial charge >= 0.3 is 0 Å². The quantitative estimate of drug-likeness (QED) is 0.392. The van der Waals surface area contributed by atoms with E-state index in [0.717, 1.165) is 24.3 Å². The second-order valence-electron chi connectivity index (χ2n) is 10.1. The third-order valence-electron chi connectivity index (χ3n) is 6.88. The van der Waals surface area contributed by atoms with Crippen LogP contribution in [0.4, 0.5) is 4.39 Å². The van der Waals surface area contributed by atoms with Crippen molar-refractivity contribution in [2.45, 2.75) is 52.0 Å². The van der Waals surface area contributed by atoms with E-state index in [4.69, 9.17) is 9.47 Å². The Balaban J connectivity index is 1.85. The molecule has 4 rings (SSSR count). The third kappa shape index (κ3) is 4.72. The van der Waals surface area contributed by atoms with Crippen molar-refractivity contribution in [3.8, 4) is 11.5 Å². The Morgan fingerprint density at radius 2 is 1.59 bits per heavy atom. The number of hydrogen-bond acceptors (Lipinski definition) is 2. The summed E-state index contributed by atoms with van der Waals surface area (Å²) in [5, 5.41) is 0. The first-order valence-corrected chi connectivity index (χ1v) is 11.9. The van der Waals surface area contributed by atoms with Crippen molar-refractivity contribution in [3.05, 3.63) is 94.3 Å². The van der Waals surface area contributed by atoms with Crippen LogP contribution in [0.1, 0.15) is 61.4 Å². The molecule has 1 unspecified atom stereocenters. The summed E-state index contributed by atoms with van der Waals surface area (Å²) >= 11 is 0. The van der Waals surface area contributed by atoms with Crippen molar-refractivity contribution >= 4 is 5.71 Å². The Labute approximate surface area is 202 Å². The lowest BCUT2D eigenvalue weighted by Crippen LogP contribution is -2.33. The minimum Gasteiger partial charge on any atom is -0.493 e. The monoisotopic (exact) mass is 460 g/mol. The van der Waals surface area contributed by atoms with Gasteiger partial charge in [0.05, 0.1) is 25.7 Å². The van der Waals surface area contributed by atoms with Gasteiger partial charge in [-0.15, -0.1) is 0 Å². The van der Waals surface area contributed by atoms with Crippen LogP contribution in [-0.4, -0.2) is 31.1 Å². The molecular formula is C30H35FNO2+. The maximum atomic E-state index is 14.6. The molecule has 1 atom stereocenters. The van der Waals surface area contributed by atoms with Gasteiger partial charge in [-0.3, -0.25) is 0 Å². The molecule has 3 aromatic rings. The molecular weight excluding hydrogens is 425 g/mol. The largest absolute Gasteiger partial charge is 0.493 e. The third-order valence-corrected chi connectivity index (χ3v) is 6.88. The molecule has 34 heavy (non-hydrogen) atoms. The van der Waals surface area contributed by atoms with Crippen LogP contribution in [0.15, 0.2) is 60.7 Å². The van der Waals surface area contributed by atoms with Crippen molar-refractivity contribution in [1.82, 2.24) is 0 Å². The molecule has 3 nitrogen and oxygen atoms in total. The fourth-order valence-corrected chi connectivity index (χ4v) is 4.85. The lowest BCUT2D eigenvalue weighted by atomic mass is 9.83. The van der Waals surface area contributed by atoms with E-state index in [1.165, 1.54) is 28.5 Å². The van der Waals surface area contributed by atoms with Crippen molar-refractivity contribution in [3.63, 3.8) is 0 Å². The Bertz CT molecular complexity index is 1210. The highest BCUT2D eigenvalue weighted by atomic mass is 19.1. The summed E-state index contributed by atoms with van der Waals surface area (Å²) in [6.45, 7) is 10.3. The fraction of sp³-hybridized carbons (Fsp3) is 0.367. The minimum absolute atomic E-state index is 0.104. The van der Waals surface area contributed by atoms with Gasteiger partial charge in [-0.2, -0.15) is 0 Å². The summed E-state index contributed by atoms with van der Waals surface area (Å²) < 4.78 is 28.1. The second kappa shape index (κ2) is 9.61. The number of nitrogens with zero attached hydrogens (tertiary/aromatic N) is 1. The molecule has 1 aliphatic heterocycles. The number of ether oxygens (including phenoxy) is 2. The Morgan fingerprint density at radius 1 is 0.941 bits per heavy atom. The zero-order chi connectivity index (χ0) is 24.5. The van der Waals surface area contributed by atoms with Gasteiger partial charge in [-0.05, 0) is 53.3 Å². The maximum absolute atomic E-state index is 14.6. The van der Waals surface area contributed by atoms with Crippen molar-refractivity contribution in [2.24, 2.45) is 0 Å². The average Bonchev–Trinajstić information content (AvgIpc) is 2.83. The van der Waals surface area contributed by atoms with E-state index >= 15 is 0 Å². The van der Waals surface area contributed by atoms with Gasteiger partial charge in [0, 0.05) is 12.0 Å². The summed E-state index contributed by atoms with van der Waals surface area (Å²) in [6.07, 6.45) is 0.864. The average molecular weight is 461 g/mol. The second-order valence-corrected chi connectivity index (χ2v) is 10.1. The Hall–Kier alpha value is -3.14. The smallest absolute Gasteiger partial charge is 0.191 e. The van der Waals surface area contributed by atoms with Crippen LogP contribution in [0.25, 0.3) is 0 Å². The van der Waals surface area contributed by atoms with Crippen LogP contribution in [0.3, 0.4) is 0 Å². The molecule has 0 aromatic heterocycles. The zero-order valence-corrected chi connectivity index (χ0v) is 21.1. The normalized spacial score (nSPS) is 14.6. The molecule has 0 fully saturated rings. The van der Waals surface area contributed by atoms with Crippen LogP contribution in [-0.2, 0) is 18.4 Å². The number of rotatable bonds is 6. The van der Waals surface area contributed by atoms with Crippen LogP contribution in [0.2, 0.25) is 0 Å². The maximum Gasteiger partial charge on any atom is 0.191 e. The fourth-order valence-electron chi connectivity index (χ4n) is 4.85. The van der Waals surface area contributed by atoms with Crippen molar-refractivity contribution < 1.29 is 18.4 Å². The minimum atomic E-state index is -0.165. The molecule has 0 radical (unpaired) electrons. The van der Waals surface area contributed by atoms with E-state index < -0.39 is 0 Å². The first-order chi connectivity index (χ1) is 16.2. The topological polar surface area (TPSA) is 21.5 Å². The number of benzene rings is 3. The molecule has 178 valence electrons. The van der Waals surface area contributed by atoms with Gasteiger partial charge in [0.2, 0.25) is 0 Å². The summed E-state index contributed by atoms with van der Waals surface area (Å²) in [6, 6.07) is 20.1. The standard InChI is InChI=1S/C30H35FNO2/c1-20(21-11-13-24(14-12-21)30(2,3)4)29-25-18-28(34-6)27(33-5)17-22(25)15-16-32(29)19-23-9-7-8-10-26(23)31/h7-14,17-18,20H,15-16,19H2,1-6H3/q+1. The predicted octanol–water partition coefficient (Wildman–Crippen LogP) is 6.50. The lowest BCUT2D eigenvalue weighted by Gasteiger charge is -2.25. The highest BCUT2D eigenvalue weighted by molar-refractivity contribution is 6.03. The van der Waals surface area contributed by atoms with Crippen LogP contribution in [0, 0.1) is 5.82 Å². The number of hydrogen-bond donors (Lipinski definition) is 0. The molecule has 0 spiro atoms. The summed E-state index contributed by atoms with van der Waals surface area (Å²) in [4.78, 5) is 0. The molecule has 3 aromatic carbocycles. The van der Waals surface area contributed by atoms with E-state index in [0.29, 0.717) is 17.9 Å². The van der Waals surface area contributed by atoms with E-state index in [2.05, 4.69) is 68.7 Å². The predicted molar refractivity (Wildman–Crippen MR) is 136 cm³/mol. The van der Waals surface area contributed by atoms with Crippen molar-refractivity contribution in [2.75, 3.05) is 20.8 Å². The van der Waals surface area contributed by atoms with E-state index in [9.17, 15) is 4.39 Å². The van der Waals surface area contributed by atoms with Gasteiger partial charge in [0.1, 0.15) is 12.4 Å². The van der Waals surface area contributed by atoms with Crippen LogP contribution < -0.4 is 9.47 Å². The SMILES string of the molecule is COc1cc2c(cc1OC)C(C(C)c1ccc(C(C)(C)C)cc1)=[N+](Cc1ccccc1F)CC2. The molecule has 0 bridgehead atoms. The van der Waals surface area contributed by atoms with Crippen LogP contribution >= 0.6 is 0 Å². The number of fused-ring (bicyclic) bond motifs is 1. The van der Waals surface area contributed by atoms with Crippen LogP contribution in [0.5, 0.6) is 11.5 Å². The molecule has 1 heterocycles. The lowest BCUT2D eigenvalue weighted by molar-refractivity contribution is -0.546. The van der Waals surface area contributed by atoms with Gasteiger partial charge in [-0.25, -0.2) is 8.97 Å². The number of halogens is 1. The summed E-state index contributed by atoms with van der Waals surface area (Å²) in [5.74, 6) is 1.41. The van der Waals surface area contributed by atoms with E-state index in [1.54, 1.807) is 20.3 Å².